The van der Waals surface area contributed by atoms with Crippen LogP contribution in [0.2, 0.25) is 0 Å². The highest BCUT2D eigenvalue weighted by molar-refractivity contribution is 5.86. The second-order valence-corrected chi connectivity index (χ2v) is 5.26. The number of carbonyl (C=O) groups is 1. The molecule has 3 rings (SSSR count). The van der Waals surface area contributed by atoms with Gasteiger partial charge in [0.2, 0.25) is 5.88 Å². The molecule has 0 unspecified atom stereocenters. The molecule has 3 aromatic rings. The molecule has 0 saturated heterocycles. The predicted octanol–water partition coefficient (Wildman–Crippen LogP) is 3.95. The minimum atomic E-state index is -0.803. The summed E-state index contributed by atoms with van der Waals surface area (Å²) in [7, 11) is 0. The first-order valence-electron chi connectivity index (χ1n) is 7.55. The lowest BCUT2D eigenvalue weighted by Crippen LogP contribution is -2.13. The number of rotatable bonds is 4. The van der Waals surface area contributed by atoms with Crippen LogP contribution in [0.5, 0.6) is 5.88 Å². The Morgan fingerprint density at radius 2 is 2.00 bits per heavy atom. The number of halogens is 1. The van der Waals surface area contributed by atoms with Crippen LogP contribution < -0.4 is 10.5 Å². The van der Waals surface area contributed by atoms with E-state index >= 15 is 0 Å². The summed E-state index contributed by atoms with van der Waals surface area (Å²) in [6.07, 6.45) is -0.803. The molecule has 0 atom stereocenters. The van der Waals surface area contributed by atoms with Crippen molar-refractivity contribution in [1.82, 2.24) is 4.57 Å². The van der Waals surface area contributed by atoms with Gasteiger partial charge in [-0.05, 0) is 31.2 Å². The van der Waals surface area contributed by atoms with Crippen LogP contribution in [-0.2, 0) is 11.3 Å². The van der Waals surface area contributed by atoms with Crippen molar-refractivity contribution in [1.29, 1.82) is 0 Å². The second kappa shape index (κ2) is 6.62. The van der Waals surface area contributed by atoms with Crippen LogP contribution in [0.3, 0.4) is 0 Å². The molecule has 0 bridgehead atoms. The molecule has 2 aromatic carbocycles. The summed E-state index contributed by atoms with van der Waals surface area (Å²) in [4.78, 5) is 11.7. The van der Waals surface area contributed by atoms with Crippen molar-refractivity contribution in [2.45, 2.75) is 13.5 Å². The summed E-state index contributed by atoms with van der Waals surface area (Å²) in [5.74, 6) is -0.0471. The summed E-state index contributed by atoms with van der Waals surface area (Å²) in [5.41, 5.74) is 7.67. The Bertz CT molecular complexity index is 889. The average molecular weight is 328 g/mol. The molecule has 1 aromatic heterocycles. The lowest BCUT2D eigenvalue weighted by molar-refractivity contribution is 0.101. The molecule has 24 heavy (non-hydrogen) atoms. The minimum absolute atomic E-state index is 0.208. The molecular formula is C18H17FN2O3. The van der Waals surface area contributed by atoms with Crippen molar-refractivity contribution in [3.8, 4) is 5.88 Å². The van der Waals surface area contributed by atoms with Crippen molar-refractivity contribution in [2.24, 2.45) is 0 Å². The number of hydrogen-bond acceptors (Lipinski definition) is 4. The van der Waals surface area contributed by atoms with E-state index in [1.165, 1.54) is 6.07 Å². The third-order valence-corrected chi connectivity index (χ3v) is 3.62. The van der Waals surface area contributed by atoms with Crippen LogP contribution in [0.1, 0.15) is 12.5 Å². The highest BCUT2D eigenvalue weighted by atomic mass is 19.1. The number of fused-ring (bicyclic) bond motifs is 1. The van der Waals surface area contributed by atoms with E-state index in [1.807, 2.05) is 6.07 Å². The molecule has 5 nitrogen and oxygen atoms in total. The smallest absolute Gasteiger partial charge is 0.434 e. The SMILES string of the molecule is CCOC(=O)Oc1cc2cc(N)ccc2n1Cc1ccccc1F. The Balaban J connectivity index is 2.05. The van der Waals surface area contributed by atoms with Crippen molar-refractivity contribution in [2.75, 3.05) is 12.3 Å². The molecule has 6 heteroatoms. The third kappa shape index (κ3) is 3.17. The van der Waals surface area contributed by atoms with Gasteiger partial charge in [0.1, 0.15) is 5.82 Å². The zero-order valence-corrected chi connectivity index (χ0v) is 13.2. The largest absolute Gasteiger partial charge is 0.515 e. The number of benzene rings is 2. The van der Waals surface area contributed by atoms with Crippen LogP contribution in [0.15, 0.2) is 48.5 Å². The zero-order valence-electron chi connectivity index (χ0n) is 13.2. The van der Waals surface area contributed by atoms with Crippen molar-refractivity contribution < 1.29 is 18.7 Å². The van der Waals surface area contributed by atoms with Crippen LogP contribution in [0.25, 0.3) is 10.9 Å². The molecule has 0 amide bonds. The second-order valence-electron chi connectivity index (χ2n) is 5.26. The molecule has 0 saturated carbocycles. The van der Waals surface area contributed by atoms with E-state index in [4.69, 9.17) is 15.2 Å². The highest BCUT2D eigenvalue weighted by Gasteiger charge is 2.16. The molecule has 0 radical (unpaired) electrons. The van der Waals surface area contributed by atoms with Gasteiger partial charge in [-0.2, -0.15) is 0 Å². The van der Waals surface area contributed by atoms with Gasteiger partial charge in [0, 0.05) is 22.7 Å². The topological polar surface area (TPSA) is 66.5 Å². The van der Waals surface area contributed by atoms with E-state index < -0.39 is 6.16 Å². The number of ether oxygens (including phenoxy) is 2. The number of aromatic nitrogens is 1. The number of anilines is 1. The molecule has 0 aliphatic carbocycles. The standard InChI is InChI=1S/C18H17FN2O3/c1-2-23-18(22)24-17-10-13-9-14(20)7-8-16(13)21(17)11-12-5-3-4-6-15(12)19/h3-10H,2,11,20H2,1H3. The lowest BCUT2D eigenvalue weighted by atomic mass is 10.2. The normalized spacial score (nSPS) is 10.8. The van der Waals surface area contributed by atoms with Gasteiger partial charge in [0.15, 0.2) is 0 Å². The summed E-state index contributed by atoms with van der Waals surface area (Å²) in [6.45, 7) is 2.12. The van der Waals surface area contributed by atoms with E-state index in [2.05, 4.69) is 0 Å². The predicted molar refractivity (Wildman–Crippen MR) is 89.5 cm³/mol. The molecule has 1 heterocycles. The Kier molecular flexibility index (Phi) is 4.37. The van der Waals surface area contributed by atoms with Crippen molar-refractivity contribution in [3.05, 3.63) is 59.9 Å². The van der Waals surface area contributed by atoms with Crippen molar-refractivity contribution >= 4 is 22.7 Å². The maximum Gasteiger partial charge on any atom is 0.515 e. The summed E-state index contributed by atoms with van der Waals surface area (Å²) in [6, 6.07) is 13.5. The van der Waals surface area contributed by atoms with Crippen LogP contribution >= 0.6 is 0 Å². The van der Waals surface area contributed by atoms with Gasteiger partial charge in [0.25, 0.3) is 0 Å². The van der Waals surface area contributed by atoms with E-state index in [-0.39, 0.29) is 24.8 Å². The van der Waals surface area contributed by atoms with E-state index in [1.54, 1.807) is 47.9 Å². The summed E-state index contributed by atoms with van der Waals surface area (Å²) < 4.78 is 25.8. The van der Waals surface area contributed by atoms with E-state index in [9.17, 15) is 9.18 Å². The first-order valence-corrected chi connectivity index (χ1v) is 7.55. The zero-order chi connectivity index (χ0) is 17.1. The first-order chi connectivity index (χ1) is 11.6. The minimum Gasteiger partial charge on any atom is -0.434 e. The lowest BCUT2D eigenvalue weighted by Gasteiger charge is -2.11. The molecule has 0 fully saturated rings. The van der Waals surface area contributed by atoms with Gasteiger partial charge in [-0.3, -0.25) is 0 Å². The number of nitrogens with zero attached hydrogens (tertiary/aromatic N) is 1. The van der Waals surface area contributed by atoms with Gasteiger partial charge in [-0.15, -0.1) is 0 Å². The van der Waals surface area contributed by atoms with Crippen LogP contribution in [0.4, 0.5) is 14.9 Å². The Morgan fingerprint density at radius 1 is 1.21 bits per heavy atom. The van der Waals surface area contributed by atoms with E-state index in [0.717, 1.165) is 10.9 Å². The number of nitrogen functional groups attached to an aromatic ring is 1. The number of nitrogens with two attached hydrogens (primary N) is 1. The summed E-state index contributed by atoms with van der Waals surface area (Å²) in [5, 5.41) is 0.797. The third-order valence-electron chi connectivity index (χ3n) is 3.62. The molecule has 0 spiro atoms. The van der Waals surface area contributed by atoms with Crippen LogP contribution in [0, 0.1) is 5.82 Å². The monoisotopic (exact) mass is 328 g/mol. The molecular weight excluding hydrogens is 311 g/mol. The fourth-order valence-electron chi connectivity index (χ4n) is 2.54. The summed E-state index contributed by atoms with van der Waals surface area (Å²) >= 11 is 0. The Labute approximate surface area is 138 Å². The van der Waals surface area contributed by atoms with Gasteiger partial charge < -0.3 is 19.8 Å². The fraction of sp³-hybridized carbons (Fsp3) is 0.167. The maximum atomic E-state index is 14.0. The van der Waals surface area contributed by atoms with Crippen LogP contribution in [-0.4, -0.2) is 17.3 Å². The molecule has 2 N–H and O–H groups in total. The van der Waals surface area contributed by atoms with Gasteiger partial charge >= 0.3 is 6.16 Å². The molecule has 0 aliphatic rings. The Hall–Kier alpha value is -3.02. The van der Waals surface area contributed by atoms with Gasteiger partial charge in [-0.25, -0.2) is 9.18 Å². The highest BCUT2D eigenvalue weighted by Crippen LogP contribution is 2.29. The maximum absolute atomic E-state index is 14.0. The Morgan fingerprint density at radius 3 is 2.75 bits per heavy atom. The number of hydrogen-bond donors (Lipinski definition) is 1. The fourth-order valence-corrected chi connectivity index (χ4v) is 2.54. The van der Waals surface area contributed by atoms with Crippen molar-refractivity contribution in [3.63, 3.8) is 0 Å². The van der Waals surface area contributed by atoms with Gasteiger partial charge in [0.05, 0.1) is 18.7 Å². The average Bonchev–Trinajstić information content (AvgIpc) is 2.86. The number of carbonyl (C=O) groups excluding carboxylic acids is 1. The first kappa shape index (κ1) is 15.9. The molecule has 124 valence electrons. The molecule has 0 aliphatic heterocycles. The quantitative estimate of drug-likeness (QED) is 0.582. The van der Waals surface area contributed by atoms with Gasteiger partial charge in [-0.1, -0.05) is 18.2 Å². The van der Waals surface area contributed by atoms with E-state index in [0.29, 0.717) is 11.3 Å².